The molecule has 0 saturated carbocycles. The maximum absolute atomic E-state index is 9.70. The van der Waals surface area contributed by atoms with E-state index in [4.69, 9.17) is 4.55 Å². The Morgan fingerprint density at radius 3 is 1.53 bits per heavy atom. The summed E-state index contributed by atoms with van der Waals surface area (Å²) in [6.45, 7) is 11.0. The Hall–Kier alpha value is -0.660. The first kappa shape index (κ1) is 16.8. The van der Waals surface area contributed by atoms with E-state index in [1.54, 1.807) is 0 Å². The molecule has 0 heterocycles. The highest BCUT2D eigenvalue weighted by atomic mass is 32.3. The van der Waals surface area contributed by atoms with Gasteiger partial charge in [-0.05, 0) is 19.6 Å². The van der Waals surface area contributed by atoms with E-state index in [-0.39, 0.29) is 0 Å². The van der Waals surface area contributed by atoms with Gasteiger partial charge in [0.15, 0.2) is 0 Å². The molecule has 0 rings (SSSR count). The van der Waals surface area contributed by atoms with Gasteiger partial charge in [-0.25, -0.2) is 0 Å². The second kappa shape index (κ2) is 8.63. The van der Waals surface area contributed by atoms with Crippen LogP contribution in [-0.4, -0.2) is 43.5 Å². The molecule has 0 aromatic rings. The highest BCUT2D eigenvalue weighted by Gasteiger charge is 2.06. The second-order valence-electron chi connectivity index (χ2n) is 2.62. The predicted octanol–water partition coefficient (Wildman–Crippen LogP) is 0.700. The van der Waals surface area contributed by atoms with Crippen LogP contribution in [0, 0.1) is 0 Å². The van der Waals surface area contributed by atoms with E-state index in [0.29, 0.717) is 0 Å². The van der Waals surface area contributed by atoms with E-state index in [9.17, 15) is 13.2 Å². The summed E-state index contributed by atoms with van der Waals surface area (Å²) >= 11 is 0. The van der Waals surface area contributed by atoms with Crippen LogP contribution in [0.5, 0.6) is 0 Å². The van der Waals surface area contributed by atoms with Gasteiger partial charge in [0.2, 0.25) is 0 Å². The van der Waals surface area contributed by atoms with Crippen molar-refractivity contribution < 1.29 is 21.9 Å². The van der Waals surface area contributed by atoms with Crippen LogP contribution in [-0.2, 0) is 19.4 Å². The molecule has 0 aromatic carbocycles. The first-order valence-corrected chi connectivity index (χ1v) is 6.03. The molecule has 0 aliphatic rings. The van der Waals surface area contributed by atoms with Gasteiger partial charge < -0.3 is 9.08 Å². The van der Waals surface area contributed by atoms with Crippen molar-refractivity contribution in [2.45, 2.75) is 27.7 Å². The van der Waals surface area contributed by atoms with Crippen molar-refractivity contribution in [1.29, 1.82) is 0 Å². The molecule has 0 radical (unpaired) electrons. The van der Waals surface area contributed by atoms with Crippen molar-refractivity contribution in [1.82, 2.24) is 4.90 Å². The average molecular weight is 241 g/mol. The molecule has 0 spiro atoms. The van der Waals surface area contributed by atoms with Gasteiger partial charge in [0.25, 0.3) is 0 Å². The van der Waals surface area contributed by atoms with Gasteiger partial charge >= 0.3 is 16.4 Å². The van der Waals surface area contributed by atoms with Crippen LogP contribution < -0.4 is 0 Å². The van der Waals surface area contributed by atoms with Gasteiger partial charge in [-0.2, -0.15) is 8.42 Å². The van der Waals surface area contributed by atoms with Crippen LogP contribution in [0.3, 0.4) is 0 Å². The fourth-order valence-corrected chi connectivity index (χ4v) is 1.12. The molecule has 0 aromatic heterocycles. The Balaban J connectivity index is 0. The minimum absolute atomic E-state index is 0.869. The molecule has 7 heteroatoms. The lowest BCUT2D eigenvalue weighted by Crippen LogP contribution is -2.21. The fraction of sp³-hybridized carbons (Fsp3) is 0.875. The van der Waals surface area contributed by atoms with E-state index >= 15 is 0 Å². The number of hydrogen-bond acceptors (Lipinski definition) is 5. The summed E-state index contributed by atoms with van der Waals surface area (Å²) in [6.07, 6.45) is 0. The monoisotopic (exact) mass is 241 g/mol. The molecule has 15 heavy (non-hydrogen) atoms. The van der Waals surface area contributed by atoms with Crippen LogP contribution in [0.15, 0.2) is 0 Å². The third-order valence-corrected chi connectivity index (χ3v) is 2.01. The molecule has 0 aliphatic heterocycles. The van der Waals surface area contributed by atoms with E-state index in [2.05, 4.69) is 29.9 Å². The van der Waals surface area contributed by atoms with Crippen LogP contribution in [0.25, 0.3) is 0 Å². The van der Waals surface area contributed by atoms with Gasteiger partial charge in [0.1, 0.15) is 0 Å². The number of carbonyl (C=O) groups excluding carboxylic acids is 1. The topological polar surface area (TPSA) is 83.9 Å². The highest BCUT2D eigenvalue weighted by molar-refractivity contribution is 7.81. The van der Waals surface area contributed by atoms with Crippen molar-refractivity contribution in [3.05, 3.63) is 0 Å². The normalized spacial score (nSPS) is 10.5. The lowest BCUT2D eigenvalue weighted by molar-refractivity contribution is -0.131. The summed E-state index contributed by atoms with van der Waals surface area (Å²) in [5.74, 6) is -1.06. The van der Waals surface area contributed by atoms with Gasteiger partial charge in [-0.1, -0.05) is 20.8 Å². The van der Waals surface area contributed by atoms with Crippen LogP contribution in [0.1, 0.15) is 27.7 Å². The Bertz CT molecular complexity index is 253. The molecule has 0 saturated heterocycles. The summed E-state index contributed by atoms with van der Waals surface area (Å²) in [5, 5.41) is 0. The first-order valence-electron chi connectivity index (χ1n) is 4.66. The molecular formula is C8H19NO5S. The lowest BCUT2D eigenvalue weighted by Gasteiger charge is -2.13. The molecule has 0 unspecified atom stereocenters. The molecule has 6 nitrogen and oxygen atoms in total. The summed E-state index contributed by atoms with van der Waals surface area (Å²) in [6, 6.07) is 0. The Labute approximate surface area is 91.2 Å². The van der Waals surface area contributed by atoms with Gasteiger partial charge in [0.05, 0.1) is 0 Å². The number of nitrogens with zero attached hydrogens (tertiary/aromatic N) is 1. The average Bonchev–Trinajstić information content (AvgIpc) is 2.03. The third kappa shape index (κ3) is 16.0. The minimum Gasteiger partial charge on any atom is -0.325 e. The fourth-order valence-electron chi connectivity index (χ4n) is 0.819. The predicted molar refractivity (Wildman–Crippen MR) is 56.8 cm³/mol. The standard InChI is InChI=1S/C6H15N.C2H4O5S/c1-4-7(5-2)6-3;1-2(3)7-8(4,5)6/h4-6H2,1-3H3;1H3,(H,4,5,6). The summed E-state index contributed by atoms with van der Waals surface area (Å²) in [5.41, 5.74) is 0. The molecule has 0 fully saturated rings. The molecular weight excluding hydrogens is 222 g/mol. The zero-order chi connectivity index (χ0) is 12.5. The van der Waals surface area contributed by atoms with Crippen molar-refractivity contribution in [3.63, 3.8) is 0 Å². The van der Waals surface area contributed by atoms with E-state index in [1.165, 1.54) is 19.6 Å². The summed E-state index contributed by atoms with van der Waals surface area (Å²) in [4.78, 5) is 12.1. The maximum Gasteiger partial charge on any atom is 0.448 e. The van der Waals surface area contributed by atoms with Crippen LogP contribution >= 0.6 is 0 Å². The summed E-state index contributed by atoms with van der Waals surface area (Å²) < 4.78 is 30.2. The zero-order valence-electron chi connectivity index (χ0n) is 9.56. The number of carbonyl (C=O) groups is 1. The van der Waals surface area contributed by atoms with E-state index in [0.717, 1.165) is 6.92 Å². The Morgan fingerprint density at radius 1 is 1.20 bits per heavy atom. The Morgan fingerprint density at radius 2 is 1.53 bits per heavy atom. The van der Waals surface area contributed by atoms with Crippen molar-refractivity contribution in [3.8, 4) is 0 Å². The van der Waals surface area contributed by atoms with Gasteiger partial charge in [0, 0.05) is 6.92 Å². The lowest BCUT2D eigenvalue weighted by atomic mass is 10.5. The Kier molecular flexibility index (Phi) is 9.64. The minimum atomic E-state index is -4.57. The molecule has 0 aliphatic carbocycles. The maximum atomic E-state index is 9.70. The van der Waals surface area contributed by atoms with Crippen LogP contribution in [0.2, 0.25) is 0 Å². The smallest absolute Gasteiger partial charge is 0.325 e. The van der Waals surface area contributed by atoms with Crippen molar-refractivity contribution in [2.75, 3.05) is 19.6 Å². The first-order chi connectivity index (χ1) is 6.76. The molecule has 0 atom stereocenters. The SMILES string of the molecule is CC(=O)OS(=O)(=O)O.CCN(CC)CC. The van der Waals surface area contributed by atoms with Crippen LogP contribution in [0.4, 0.5) is 0 Å². The number of rotatable bonds is 4. The van der Waals surface area contributed by atoms with Crippen molar-refractivity contribution in [2.24, 2.45) is 0 Å². The largest absolute Gasteiger partial charge is 0.448 e. The molecule has 92 valence electrons. The van der Waals surface area contributed by atoms with Crippen molar-refractivity contribution >= 4 is 16.4 Å². The van der Waals surface area contributed by atoms with E-state index in [1.807, 2.05) is 0 Å². The quantitative estimate of drug-likeness (QED) is 0.729. The second-order valence-corrected chi connectivity index (χ2v) is 3.64. The van der Waals surface area contributed by atoms with Gasteiger partial charge in [-0.3, -0.25) is 9.35 Å². The summed E-state index contributed by atoms with van der Waals surface area (Å²) in [7, 11) is -4.57. The molecule has 0 bridgehead atoms. The number of hydrogen-bond donors (Lipinski definition) is 1. The molecule has 1 N–H and O–H groups in total. The highest BCUT2D eigenvalue weighted by Crippen LogP contribution is 1.84. The zero-order valence-corrected chi connectivity index (χ0v) is 10.4. The molecule has 0 amide bonds. The third-order valence-electron chi connectivity index (χ3n) is 1.56. The van der Waals surface area contributed by atoms with Gasteiger partial charge in [-0.15, -0.1) is 0 Å². The van der Waals surface area contributed by atoms with E-state index < -0.39 is 16.4 Å².